The first-order chi connectivity index (χ1) is 20.2. The summed E-state index contributed by atoms with van der Waals surface area (Å²) in [6, 6.07) is 22.2. The zero-order valence-corrected chi connectivity index (χ0v) is 26.1. The van der Waals surface area contributed by atoms with Gasteiger partial charge in [-0.05, 0) is 74.4 Å². The molecule has 1 atom stereocenters. The van der Waals surface area contributed by atoms with Crippen LogP contribution in [-0.2, 0) is 26.4 Å². The summed E-state index contributed by atoms with van der Waals surface area (Å²) >= 11 is 0. The van der Waals surface area contributed by atoms with Gasteiger partial charge in [-0.2, -0.15) is 0 Å². The molecule has 4 aromatic rings. The SMILES string of the molecule is CC(C)(CCn1ccc2cc(C(=O)NCCS(C)(=O)=O)ccc21)NC[C@H](O)c1cccc(NS(=O)(=O)c2ccccc2)c1. The Labute approximate surface area is 253 Å². The first kappa shape index (κ1) is 32.2. The lowest BCUT2D eigenvalue weighted by atomic mass is 9.99. The van der Waals surface area contributed by atoms with Crippen molar-refractivity contribution in [2.24, 2.45) is 0 Å². The number of aliphatic hydroxyl groups excluding tert-OH is 1. The molecular weight excluding hydrogens is 588 g/mol. The van der Waals surface area contributed by atoms with Crippen molar-refractivity contribution in [3.8, 4) is 0 Å². The molecule has 0 saturated heterocycles. The van der Waals surface area contributed by atoms with E-state index in [2.05, 4.69) is 33.8 Å². The lowest BCUT2D eigenvalue weighted by Crippen LogP contribution is -2.42. The lowest BCUT2D eigenvalue weighted by molar-refractivity contribution is 0.0956. The summed E-state index contributed by atoms with van der Waals surface area (Å²) in [5.41, 5.74) is 2.06. The zero-order chi connectivity index (χ0) is 31.3. The number of amides is 1. The highest BCUT2D eigenvalue weighted by Crippen LogP contribution is 2.23. The van der Waals surface area contributed by atoms with Crippen molar-refractivity contribution >= 4 is 42.4 Å². The number of carbonyl (C=O) groups is 1. The second-order valence-corrected chi connectivity index (χ2v) is 15.2. The number of β-amino-alcohol motifs (C(OH)–C–C–N with tert-alkyl or cyclic N) is 1. The Bertz CT molecular complexity index is 1790. The van der Waals surface area contributed by atoms with Crippen LogP contribution in [0, 0.1) is 0 Å². The molecule has 0 bridgehead atoms. The molecule has 3 aromatic carbocycles. The van der Waals surface area contributed by atoms with E-state index in [9.17, 15) is 26.7 Å². The Morgan fingerprint density at radius 2 is 1.70 bits per heavy atom. The van der Waals surface area contributed by atoms with Gasteiger partial charge in [0.25, 0.3) is 15.9 Å². The first-order valence-electron chi connectivity index (χ1n) is 13.9. The number of aryl methyl sites for hydroxylation is 1. The number of hydrogen-bond acceptors (Lipinski definition) is 7. The smallest absolute Gasteiger partial charge is 0.261 e. The fraction of sp³-hybridized carbons (Fsp3) is 0.323. The number of rotatable bonds is 14. The molecule has 0 radical (unpaired) electrons. The van der Waals surface area contributed by atoms with Gasteiger partial charge in [0.1, 0.15) is 9.84 Å². The van der Waals surface area contributed by atoms with Crippen LogP contribution in [0.2, 0.25) is 0 Å². The van der Waals surface area contributed by atoms with Gasteiger partial charge < -0.3 is 20.3 Å². The van der Waals surface area contributed by atoms with E-state index in [0.717, 1.165) is 23.6 Å². The van der Waals surface area contributed by atoms with Gasteiger partial charge in [0.2, 0.25) is 0 Å². The summed E-state index contributed by atoms with van der Waals surface area (Å²) in [5.74, 6) is -0.428. The van der Waals surface area contributed by atoms with E-state index in [-0.39, 0.29) is 35.2 Å². The minimum atomic E-state index is -3.74. The molecule has 0 unspecified atom stereocenters. The molecule has 1 heterocycles. The second-order valence-electron chi connectivity index (χ2n) is 11.2. The molecule has 1 aromatic heterocycles. The molecule has 10 nitrogen and oxygen atoms in total. The van der Waals surface area contributed by atoms with Crippen LogP contribution in [0.3, 0.4) is 0 Å². The van der Waals surface area contributed by atoms with E-state index in [0.29, 0.717) is 23.4 Å². The largest absolute Gasteiger partial charge is 0.387 e. The Morgan fingerprint density at radius 1 is 0.953 bits per heavy atom. The third kappa shape index (κ3) is 9.14. The molecule has 1 amide bonds. The third-order valence-electron chi connectivity index (χ3n) is 7.12. The first-order valence-corrected chi connectivity index (χ1v) is 17.4. The quantitative estimate of drug-likeness (QED) is 0.167. The number of anilines is 1. The number of nitrogens with one attached hydrogen (secondary N) is 3. The van der Waals surface area contributed by atoms with Crippen molar-refractivity contribution in [3.63, 3.8) is 0 Å². The van der Waals surface area contributed by atoms with Gasteiger partial charge in [-0.15, -0.1) is 0 Å². The molecule has 0 fully saturated rings. The number of sulfone groups is 1. The second kappa shape index (κ2) is 13.3. The molecule has 4 N–H and O–H groups in total. The predicted molar refractivity (Wildman–Crippen MR) is 169 cm³/mol. The zero-order valence-electron chi connectivity index (χ0n) is 24.4. The number of hydrogen-bond donors (Lipinski definition) is 4. The number of aliphatic hydroxyl groups is 1. The number of nitrogens with zero attached hydrogens (tertiary/aromatic N) is 1. The van der Waals surface area contributed by atoms with Crippen LogP contribution in [-0.4, -0.2) is 63.1 Å². The van der Waals surface area contributed by atoms with Crippen LogP contribution in [0.5, 0.6) is 0 Å². The van der Waals surface area contributed by atoms with Gasteiger partial charge in [-0.3, -0.25) is 9.52 Å². The van der Waals surface area contributed by atoms with E-state index in [1.807, 2.05) is 18.3 Å². The highest BCUT2D eigenvalue weighted by molar-refractivity contribution is 7.92. The highest BCUT2D eigenvalue weighted by atomic mass is 32.2. The highest BCUT2D eigenvalue weighted by Gasteiger charge is 2.21. The van der Waals surface area contributed by atoms with Crippen LogP contribution < -0.4 is 15.4 Å². The number of carbonyl (C=O) groups excluding carboxylic acids is 1. The van der Waals surface area contributed by atoms with Crippen LogP contribution in [0.25, 0.3) is 10.9 Å². The summed E-state index contributed by atoms with van der Waals surface area (Å²) in [6.45, 7) is 5.12. The molecule has 0 spiro atoms. The Balaban J connectivity index is 1.32. The summed E-state index contributed by atoms with van der Waals surface area (Å²) in [4.78, 5) is 12.6. The van der Waals surface area contributed by atoms with Crippen LogP contribution in [0.4, 0.5) is 5.69 Å². The van der Waals surface area contributed by atoms with Gasteiger partial charge >= 0.3 is 0 Å². The van der Waals surface area contributed by atoms with E-state index in [1.165, 1.54) is 12.1 Å². The minimum Gasteiger partial charge on any atom is -0.387 e. The maximum absolute atomic E-state index is 12.7. The lowest BCUT2D eigenvalue weighted by Gasteiger charge is -2.28. The van der Waals surface area contributed by atoms with Crippen molar-refractivity contribution in [1.82, 2.24) is 15.2 Å². The van der Waals surface area contributed by atoms with E-state index >= 15 is 0 Å². The minimum absolute atomic E-state index is 0.0615. The van der Waals surface area contributed by atoms with Crippen LogP contribution in [0.1, 0.15) is 42.3 Å². The van der Waals surface area contributed by atoms with Crippen LogP contribution in [0.15, 0.2) is 90.0 Å². The van der Waals surface area contributed by atoms with Gasteiger partial charge in [-0.25, -0.2) is 16.8 Å². The Morgan fingerprint density at radius 3 is 2.42 bits per heavy atom. The number of benzene rings is 3. The normalized spacial score (nSPS) is 13.1. The molecular formula is C31H38N4O6S2. The fourth-order valence-electron chi connectivity index (χ4n) is 4.59. The van der Waals surface area contributed by atoms with Gasteiger partial charge in [-0.1, -0.05) is 30.3 Å². The molecule has 0 saturated carbocycles. The maximum atomic E-state index is 12.7. The summed E-state index contributed by atoms with van der Waals surface area (Å²) < 4.78 is 52.6. The number of fused-ring (bicyclic) bond motifs is 1. The topological polar surface area (TPSA) is 147 Å². The monoisotopic (exact) mass is 626 g/mol. The standard InChI is InChI=1S/C31H38N4O6S2/c1-31(2,15-18-35-17-14-23-20-25(12-13-28(23)35)30(37)32-16-19-42(3,38)39)33-22-29(36)24-8-7-9-26(21-24)34-43(40,41)27-10-5-4-6-11-27/h4-14,17,20-21,29,33-34,36H,15-16,18-19,22H2,1-3H3,(H,32,37)/t29-/m0/s1. The van der Waals surface area contributed by atoms with Crippen molar-refractivity contribution in [2.45, 2.75) is 43.4 Å². The summed E-state index contributed by atoms with van der Waals surface area (Å²) in [6.07, 6.45) is 2.99. The average Bonchev–Trinajstić information content (AvgIpc) is 3.37. The van der Waals surface area contributed by atoms with Gasteiger partial charge in [0.05, 0.1) is 16.8 Å². The number of aromatic nitrogens is 1. The van der Waals surface area contributed by atoms with Gasteiger partial charge in [0.15, 0.2) is 0 Å². The van der Waals surface area contributed by atoms with Crippen molar-refractivity contribution < 1.29 is 26.7 Å². The van der Waals surface area contributed by atoms with E-state index in [1.54, 1.807) is 54.6 Å². The maximum Gasteiger partial charge on any atom is 0.261 e. The molecule has 0 aliphatic carbocycles. The molecule has 4 rings (SSSR count). The summed E-state index contributed by atoms with van der Waals surface area (Å²) in [7, 11) is -6.89. The van der Waals surface area contributed by atoms with Crippen molar-refractivity contribution in [1.29, 1.82) is 0 Å². The van der Waals surface area contributed by atoms with Gasteiger partial charge in [0, 0.05) is 59.8 Å². The fourth-order valence-corrected chi connectivity index (χ4v) is 6.13. The average molecular weight is 627 g/mol. The van der Waals surface area contributed by atoms with E-state index in [4.69, 9.17) is 0 Å². The van der Waals surface area contributed by atoms with Crippen LogP contribution >= 0.6 is 0 Å². The van der Waals surface area contributed by atoms with Crippen molar-refractivity contribution in [3.05, 3.63) is 96.2 Å². The summed E-state index contributed by atoms with van der Waals surface area (Å²) in [5, 5.41) is 17.8. The number of sulfonamides is 1. The molecule has 0 aliphatic rings. The Hall–Kier alpha value is -3.71. The Kier molecular flexibility index (Phi) is 9.96. The molecule has 230 valence electrons. The molecule has 43 heavy (non-hydrogen) atoms. The third-order valence-corrected chi connectivity index (χ3v) is 9.46. The molecule has 0 aliphatic heterocycles. The van der Waals surface area contributed by atoms with Crippen molar-refractivity contribution in [2.75, 3.05) is 29.8 Å². The van der Waals surface area contributed by atoms with E-state index < -0.39 is 26.0 Å². The predicted octanol–water partition coefficient (Wildman–Crippen LogP) is 3.71. The molecule has 12 heteroatoms.